The van der Waals surface area contributed by atoms with Gasteiger partial charge in [0.1, 0.15) is 11.5 Å². The molecule has 134 valence electrons. The number of aromatic nitrogens is 1. The fourth-order valence-corrected chi connectivity index (χ4v) is 2.16. The molecule has 7 nitrogen and oxygen atoms in total. The van der Waals surface area contributed by atoms with E-state index in [2.05, 4.69) is 10.3 Å². The molecule has 25 heavy (non-hydrogen) atoms. The Balaban J connectivity index is 2.01. The molecule has 0 saturated carbocycles. The van der Waals surface area contributed by atoms with Gasteiger partial charge in [-0.1, -0.05) is 12.1 Å². The summed E-state index contributed by atoms with van der Waals surface area (Å²) in [5.74, 6) is 1.58. The Morgan fingerprint density at radius 3 is 2.76 bits per heavy atom. The van der Waals surface area contributed by atoms with Gasteiger partial charge in [0.25, 0.3) is 0 Å². The monoisotopic (exact) mass is 345 g/mol. The van der Waals surface area contributed by atoms with Crippen molar-refractivity contribution in [3.8, 4) is 17.4 Å². The van der Waals surface area contributed by atoms with Crippen LogP contribution in [0.5, 0.6) is 17.4 Å². The van der Waals surface area contributed by atoms with E-state index < -0.39 is 0 Å². The van der Waals surface area contributed by atoms with Crippen molar-refractivity contribution in [2.24, 2.45) is 5.73 Å². The maximum absolute atomic E-state index is 12.0. The van der Waals surface area contributed by atoms with Gasteiger partial charge < -0.3 is 25.3 Å². The molecule has 3 N–H and O–H groups in total. The third-order valence-electron chi connectivity index (χ3n) is 3.59. The van der Waals surface area contributed by atoms with Crippen molar-refractivity contribution < 1.29 is 19.0 Å². The lowest BCUT2D eigenvalue weighted by molar-refractivity contribution is -0.123. The molecule has 1 aromatic carbocycles. The molecule has 1 amide bonds. The number of ether oxygens (including phenoxy) is 3. The second kappa shape index (κ2) is 9.61. The van der Waals surface area contributed by atoms with Crippen LogP contribution in [0.15, 0.2) is 42.6 Å². The van der Waals surface area contributed by atoms with Gasteiger partial charge in [-0.25, -0.2) is 4.98 Å². The molecule has 1 unspecified atom stereocenters. The number of carbonyl (C=O) groups excluding carboxylic acids is 1. The number of nitrogens with zero attached hydrogens (tertiary/aromatic N) is 1. The van der Waals surface area contributed by atoms with E-state index in [1.807, 2.05) is 24.3 Å². The predicted molar refractivity (Wildman–Crippen MR) is 93.6 cm³/mol. The summed E-state index contributed by atoms with van der Waals surface area (Å²) in [5.41, 5.74) is 6.29. The number of hydrogen-bond donors (Lipinski definition) is 2. The summed E-state index contributed by atoms with van der Waals surface area (Å²) in [6, 6.07) is 10.9. The molecule has 0 aliphatic heterocycles. The highest BCUT2D eigenvalue weighted by Crippen LogP contribution is 2.26. The van der Waals surface area contributed by atoms with Crippen LogP contribution in [0, 0.1) is 0 Å². The Bertz CT molecular complexity index is 690. The lowest BCUT2D eigenvalue weighted by Crippen LogP contribution is -2.32. The Labute approximate surface area is 147 Å². The maximum atomic E-state index is 12.0. The zero-order chi connectivity index (χ0) is 18.1. The van der Waals surface area contributed by atoms with Crippen molar-refractivity contribution >= 4 is 5.91 Å². The van der Waals surface area contributed by atoms with E-state index in [-0.39, 0.29) is 18.4 Å². The molecule has 1 atom stereocenters. The maximum Gasteiger partial charge on any atom is 0.224 e. The summed E-state index contributed by atoms with van der Waals surface area (Å²) >= 11 is 0. The number of nitrogens with two attached hydrogens (primary N) is 1. The van der Waals surface area contributed by atoms with Crippen LogP contribution >= 0.6 is 0 Å². The van der Waals surface area contributed by atoms with E-state index in [4.69, 9.17) is 19.9 Å². The highest BCUT2D eigenvalue weighted by molar-refractivity contribution is 5.76. The molecule has 0 aliphatic rings. The minimum atomic E-state index is -0.290. The van der Waals surface area contributed by atoms with Crippen LogP contribution in [0.3, 0.4) is 0 Å². The van der Waals surface area contributed by atoms with Crippen molar-refractivity contribution in [3.05, 3.63) is 48.2 Å². The van der Waals surface area contributed by atoms with E-state index in [9.17, 15) is 4.79 Å². The van der Waals surface area contributed by atoms with Crippen molar-refractivity contribution in [1.82, 2.24) is 10.3 Å². The van der Waals surface area contributed by atoms with Crippen LogP contribution in [0.1, 0.15) is 12.0 Å². The SMILES string of the molecule is COc1cccc(Oc2ncccc2CNC(=O)CC(CN)OC)c1. The van der Waals surface area contributed by atoms with Crippen molar-refractivity contribution in [2.75, 3.05) is 20.8 Å². The normalized spacial score (nSPS) is 11.6. The Kier molecular flexibility index (Phi) is 7.18. The van der Waals surface area contributed by atoms with Gasteiger partial charge in [0, 0.05) is 38.0 Å². The average molecular weight is 345 g/mol. The molecule has 1 heterocycles. The molecule has 0 aliphatic carbocycles. The summed E-state index contributed by atoms with van der Waals surface area (Å²) in [7, 11) is 3.13. The minimum Gasteiger partial charge on any atom is -0.497 e. The third-order valence-corrected chi connectivity index (χ3v) is 3.59. The van der Waals surface area contributed by atoms with Gasteiger partial charge in [-0.3, -0.25) is 4.79 Å². The molecule has 1 aromatic heterocycles. The average Bonchev–Trinajstić information content (AvgIpc) is 2.65. The van der Waals surface area contributed by atoms with Crippen molar-refractivity contribution in [2.45, 2.75) is 19.1 Å². The summed E-state index contributed by atoms with van der Waals surface area (Å²) in [4.78, 5) is 16.2. The van der Waals surface area contributed by atoms with E-state index in [0.717, 1.165) is 5.56 Å². The van der Waals surface area contributed by atoms with Crippen LogP contribution in [0.4, 0.5) is 0 Å². The Morgan fingerprint density at radius 1 is 1.24 bits per heavy atom. The van der Waals surface area contributed by atoms with Gasteiger partial charge >= 0.3 is 0 Å². The van der Waals surface area contributed by atoms with Crippen LogP contribution in [0.25, 0.3) is 0 Å². The molecule has 0 spiro atoms. The lowest BCUT2D eigenvalue weighted by atomic mass is 10.2. The number of carbonyl (C=O) groups is 1. The predicted octanol–water partition coefficient (Wildman–Crippen LogP) is 1.86. The van der Waals surface area contributed by atoms with Gasteiger partial charge in [0.05, 0.1) is 19.6 Å². The number of hydrogen-bond acceptors (Lipinski definition) is 6. The van der Waals surface area contributed by atoms with Crippen molar-refractivity contribution in [1.29, 1.82) is 0 Å². The molecule has 7 heteroatoms. The molecule has 0 bridgehead atoms. The number of nitrogens with one attached hydrogen (secondary N) is 1. The second-order valence-corrected chi connectivity index (χ2v) is 5.32. The second-order valence-electron chi connectivity index (χ2n) is 5.32. The number of amides is 1. The fourth-order valence-electron chi connectivity index (χ4n) is 2.16. The molecular formula is C18H23N3O4. The van der Waals surface area contributed by atoms with E-state index in [1.54, 1.807) is 25.4 Å². The molecule has 2 aromatic rings. The molecule has 0 fully saturated rings. The van der Waals surface area contributed by atoms with Gasteiger partial charge in [0.15, 0.2) is 0 Å². The number of benzene rings is 1. The molecular weight excluding hydrogens is 322 g/mol. The summed E-state index contributed by atoms with van der Waals surface area (Å²) in [6.07, 6.45) is 1.55. The number of pyridine rings is 1. The number of methoxy groups -OCH3 is 2. The highest BCUT2D eigenvalue weighted by Gasteiger charge is 2.13. The summed E-state index contributed by atoms with van der Waals surface area (Å²) < 4.78 is 16.1. The van der Waals surface area contributed by atoms with E-state index in [0.29, 0.717) is 30.5 Å². The molecule has 0 saturated heterocycles. The Morgan fingerprint density at radius 2 is 2.04 bits per heavy atom. The largest absolute Gasteiger partial charge is 0.497 e. The van der Waals surface area contributed by atoms with Crippen LogP contribution in [-0.2, 0) is 16.1 Å². The molecule has 0 radical (unpaired) electrons. The molecule has 2 rings (SSSR count). The summed E-state index contributed by atoms with van der Waals surface area (Å²) in [5, 5.41) is 2.83. The Hall–Kier alpha value is -2.64. The van der Waals surface area contributed by atoms with Crippen LogP contribution in [0.2, 0.25) is 0 Å². The van der Waals surface area contributed by atoms with Gasteiger partial charge in [-0.05, 0) is 18.2 Å². The van der Waals surface area contributed by atoms with Crippen LogP contribution in [-0.4, -0.2) is 37.8 Å². The zero-order valence-corrected chi connectivity index (χ0v) is 14.4. The first kappa shape index (κ1) is 18.7. The highest BCUT2D eigenvalue weighted by atomic mass is 16.5. The third kappa shape index (κ3) is 5.74. The van der Waals surface area contributed by atoms with Gasteiger partial charge in [-0.2, -0.15) is 0 Å². The smallest absolute Gasteiger partial charge is 0.224 e. The standard InChI is InChI=1S/C18H23N3O4/c1-23-14-6-3-7-15(9-14)25-18-13(5-4-8-20-18)12-21-17(22)10-16(11-19)24-2/h3-9,16H,10-12,19H2,1-2H3,(H,21,22). The minimum absolute atomic E-state index is 0.145. The first-order valence-electron chi connectivity index (χ1n) is 7.91. The summed E-state index contributed by atoms with van der Waals surface area (Å²) in [6.45, 7) is 0.591. The quantitative estimate of drug-likeness (QED) is 0.720. The van der Waals surface area contributed by atoms with E-state index >= 15 is 0 Å². The number of rotatable bonds is 9. The van der Waals surface area contributed by atoms with Gasteiger partial charge in [0.2, 0.25) is 11.8 Å². The first-order valence-corrected chi connectivity index (χ1v) is 7.91. The topological polar surface area (TPSA) is 95.7 Å². The first-order chi connectivity index (χ1) is 12.2. The van der Waals surface area contributed by atoms with Crippen LogP contribution < -0.4 is 20.5 Å². The van der Waals surface area contributed by atoms with Gasteiger partial charge in [-0.15, -0.1) is 0 Å². The fraction of sp³-hybridized carbons (Fsp3) is 0.333. The zero-order valence-electron chi connectivity index (χ0n) is 14.4. The lowest BCUT2D eigenvalue weighted by Gasteiger charge is -2.14. The van der Waals surface area contributed by atoms with Crippen molar-refractivity contribution in [3.63, 3.8) is 0 Å². The van der Waals surface area contributed by atoms with E-state index in [1.165, 1.54) is 7.11 Å².